The summed E-state index contributed by atoms with van der Waals surface area (Å²) in [6, 6.07) is 9.42. The Labute approximate surface area is 166 Å². The van der Waals surface area contributed by atoms with E-state index in [0.717, 1.165) is 5.56 Å². The van der Waals surface area contributed by atoms with Crippen molar-refractivity contribution in [1.29, 1.82) is 0 Å². The third-order valence-corrected chi connectivity index (χ3v) is 5.95. The van der Waals surface area contributed by atoms with E-state index >= 15 is 0 Å². The lowest BCUT2D eigenvalue weighted by Gasteiger charge is -2.34. The molecule has 1 aromatic carbocycles. The molecule has 2 aliphatic rings. The molecule has 7 heteroatoms. The molecule has 1 heterocycles. The number of Topliss-reactive ketones (excluding diaryl/α,β-unsaturated/α-hetero) is 1. The summed E-state index contributed by atoms with van der Waals surface area (Å²) in [4.78, 5) is 37.4. The van der Waals surface area contributed by atoms with Gasteiger partial charge in [0.2, 0.25) is 7.85 Å². The van der Waals surface area contributed by atoms with Crippen LogP contribution in [-0.2, 0) is 20.7 Å². The molecule has 0 aromatic heterocycles. The van der Waals surface area contributed by atoms with Gasteiger partial charge in [-0.1, -0.05) is 30.3 Å². The topological polar surface area (TPSA) is 83.9 Å². The van der Waals surface area contributed by atoms with Crippen molar-refractivity contribution in [2.24, 2.45) is 11.8 Å². The van der Waals surface area contributed by atoms with Gasteiger partial charge >= 0.3 is 5.97 Å². The Hall–Kier alpha value is -2.15. The van der Waals surface area contributed by atoms with Gasteiger partial charge in [-0.2, -0.15) is 0 Å². The van der Waals surface area contributed by atoms with Crippen LogP contribution < -0.4 is 0 Å². The number of carbonyl (C=O) groups is 3. The van der Waals surface area contributed by atoms with E-state index < -0.39 is 23.4 Å². The first-order chi connectivity index (χ1) is 13.2. The number of hydrogen-bond acceptors (Lipinski definition) is 4. The predicted octanol–water partition coefficient (Wildman–Crippen LogP) is 2.78. The number of amides is 1. The highest BCUT2D eigenvalue weighted by Gasteiger charge is 2.49. The predicted molar refractivity (Wildman–Crippen MR) is 104 cm³/mol. The molecule has 0 bridgehead atoms. The van der Waals surface area contributed by atoms with E-state index in [2.05, 4.69) is 0 Å². The zero-order valence-corrected chi connectivity index (χ0v) is 16.3. The summed E-state index contributed by atoms with van der Waals surface area (Å²) in [6.45, 7) is 3.58. The number of carboxylic acids is 1. The van der Waals surface area contributed by atoms with E-state index in [1.165, 1.54) is 0 Å². The first-order valence-electron chi connectivity index (χ1n) is 9.74. The maximum Gasteiger partial charge on any atom is 0.306 e. The second kappa shape index (κ2) is 8.07. The van der Waals surface area contributed by atoms with Crippen molar-refractivity contribution in [2.45, 2.75) is 63.8 Å². The van der Waals surface area contributed by atoms with Crippen molar-refractivity contribution in [3.05, 3.63) is 35.9 Å². The van der Waals surface area contributed by atoms with E-state index in [4.69, 9.17) is 12.6 Å². The lowest BCUT2D eigenvalue weighted by Crippen LogP contribution is -2.49. The first kappa shape index (κ1) is 20.6. The molecule has 28 heavy (non-hydrogen) atoms. The molecule has 2 unspecified atom stereocenters. The number of ketones is 1. The molecule has 0 spiro atoms. The molecule has 6 nitrogen and oxygen atoms in total. The van der Waals surface area contributed by atoms with Crippen molar-refractivity contribution in [2.75, 3.05) is 0 Å². The lowest BCUT2D eigenvalue weighted by atomic mass is 9.75. The van der Waals surface area contributed by atoms with E-state index in [1.807, 2.05) is 30.3 Å². The van der Waals surface area contributed by atoms with Gasteiger partial charge in [0.25, 0.3) is 0 Å². The van der Waals surface area contributed by atoms with Gasteiger partial charge in [-0.15, -0.1) is 0 Å². The number of carbonyl (C=O) groups excluding carboxylic acids is 2. The van der Waals surface area contributed by atoms with Gasteiger partial charge in [-0.3, -0.25) is 14.4 Å². The number of hydrogen-bond donors (Lipinski definition) is 1. The van der Waals surface area contributed by atoms with Crippen LogP contribution in [0.5, 0.6) is 0 Å². The van der Waals surface area contributed by atoms with Crippen LogP contribution >= 0.6 is 0 Å². The standard InChI is InChI=1S/C21H26BNO5/c1-21(2)23(20(22)27)17(10-13-6-4-3-5-7-13)18(28-21)12-14-11-15(24)8-9-16(14)19(25)26/h3-7,14,16-18H,8-12H2,1-2H3,(H,25,26)/t14?,16?,17-,18+/m0/s1. The van der Waals surface area contributed by atoms with Crippen LogP contribution in [0.2, 0.25) is 0 Å². The monoisotopic (exact) mass is 383 g/mol. The Balaban J connectivity index is 1.87. The zero-order valence-electron chi connectivity index (χ0n) is 16.3. The summed E-state index contributed by atoms with van der Waals surface area (Å²) in [5.74, 6) is -2.22. The summed E-state index contributed by atoms with van der Waals surface area (Å²) in [5, 5.41) is 9.58. The van der Waals surface area contributed by atoms with Gasteiger partial charge < -0.3 is 14.7 Å². The molecule has 2 radical (unpaired) electrons. The third-order valence-electron chi connectivity index (χ3n) is 5.95. The van der Waals surface area contributed by atoms with Crippen molar-refractivity contribution in [3.63, 3.8) is 0 Å². The highest BCUT2D eigenvalue weighted by atomic mass is 16.5. The summed E-state index contributed by atoms with van der Waals surface area (Å²) < 4.78 is 6.19. The summed E-state index contributed by atoms with van der Waals surface area (Å²) in [7, 11) is 5.67. The van der Waals surface area contributed by atoms with E-state index in [-0.39, 0.29) is 30.3 Å². The Morgan fingerprint density at radius 1 is 1.29 bits per heavy atom. The maximum atomic E-state index is 12.2. The molecule has 1 aliphatic carbocycles. The zero-order chi connectivity index (χ0) is 20.5. The van der Waals surface area contributed by atoms with Crippen LogP contribution in [-0.4, -0.2) is 53.3 Å². The molecule has 1 N–H and O–H groups in total. The van der Waals surface area contributed by atoms with Crippen molar-refractivity contribution >= 4 is 25.4 Å². The summed E-state index contributed by atoms with van der Waals surface area (Å²) in [5.41, 5.74) is 0.146. The number of ether oxygens (including phenoxy) is 1. The van der Waals surface area contributed by atoms with Gasteiger partial charge in [0.1, 0.15) is 11.5 Å². The molecular formula is C21H26BNO5. The Kier molecular flexibility index (Phi) is 5.94. The Morgan fingerprint density at radius 3 is 2.57 bits per heavy atom. The fourth-order valence-corrected chi connectivity index (χ4v) is 4.74. The molecule has 1 amide bonds. The van der Waals surface area contributed by atoms with Crippen LogP contribution in [0.4, 0.5) is 4.79 Å². The van der Waals surface area contributed by atoms with Gasteiger partial charge in [0.05, 0.1) is 18.1 Å². The molecule has 3 rings (SSSR count). The van der Waals surface area contributed by atoms with Gasteiger partial charge in [-0.25, -0.2) is 0 Å². The second-order valence-electron chi connectivity index (χ2n) is 8.29. The van der Waals surface area contributed by atoms with E-state index in [0.29, 0.717) is 25.7 Å². The Morgan fingerprint density at radius 2 is 1.96 bits per heavy atom. The fraction of sp³-hybridized carbons (Fsp3) is 0.571. The minimum Gasteiger partial charge on any atom is -0.481 e. The number of aliphatic carboxylic acids is 1. The van der Waals surface area contributed by atoms with Crippen LogP contribution in [0.1, 0.15) is 45.1 Å². The van der Waals surface area contributed by atoms with Crippen molar-refractivity contribution in [1.82, 2.24) is 4.90 Å². The minimum atomic E-state index is -0.895. The number of carboxylic acid groups (broad SMARTS) is 1. The number of benzene rings is 1. The average molecular weight is 383 g/mol. The normalized spacial score (nSPS) is 29.6. The van der Waals surface area contributed by atoms with Gasteiger partial charge in [-0.05, 0) is 44.6 Å². The first-order valence-corrected chi connectivity index (χ1v) is 9.74. The quantitative estimate of drug-likeness (QED) is 0.791. The van der Waals surface area contributed by atoms with Crippen LogP contribution in [0.3, 0.4) is 0 Å². The highest BCUT2D eigenvalue weighted by Crippen LogP contribution is 2.40. The smallest absolute Gasteiger partial charge is 0.306 e. The van der Waals surface area contributed by atoms with Crippen LogP contribution in [0.25, 0.3) is 0 Å². The Bertz CT molecular complexity index is 750. The highest BCUT2D eigenvalue weighted by molar-refractivity contribution is 6.57. The molecule has 148 valence electrons. The minimum absolute atomic E-state index is 0.0890. The van der Waals surface area contributed by atoms with Crippen LogP contribution in [0, 0.1) is 11.8 Å². The molecule has 2 fully saturated rings. The van der Waals surface area contributed by atoms with Crippen molar-refractivity contribution < 1.29 is 24.2 Å². The van der Waals surface area contributed by atoms with Gasteiger partial charge in [0, 0.05) is 12.8 Å². The molecule has 1 saturated carbocycles. The average Bonchev–Trinajstić information content (AvgIpc) is 2.85. The SMILES string of the molecule is [B]C(=O)N1[C@@H](Cc2ccccc2)[C@@H](CC2CC(=O)CCC2C(=O)O)OC1(C)C. The molecular weight excluding hydrogens is 357 g/mol. The largest absolute Gasteiger partial charge is 0.481 e. The number of rotatable bonds is 5. The van der Waals surface area contributed by atoms with Gasteiger partial charge in [0.15, 0.2) is 5.81 Å². The number of nitrogens with zero attached hydrogens (tertiary/aromatic N) is 1. The van der Waals surface area contributed by atoms with Crippen molar-refractivity contribution in [3.8, 4) is 0 Å². The maximum absolute atomic E-state index is 12.2. The molecule has 1 aromatic rings. The summed E-state index contributed by atoms with van der Waals surface area (Å²) in [6.07, 6.45) is 1.49. The molecule has 1 aliphatic heterocycles. The third kappa shape index (κ3) is 4.30. The van der Waals surface area contributed by atoms with E-state index in [9.17, 15) is 19.5 Å². The van der Waals surface area contributed by atoms with Crippen LogP contribution in [0.15, 0.2) is 30.3 Å². The van der Waals surface area contributed by atoms with E-state index in [1.54, 1.807) is 18.7 Å². The molecule has 1 saturated heterocycles. The molecule has 4 atom stereocenters. The summed E-state index contributed by atoms with van der Waals surface area (Å²) >= 11 is 0. The lowest BCUT2D eigenvalue weighted by molar-refractivity contribution is -0.147. The second-order valence-corrected chi connectivity index (χ2v) is 8.29. The fourth-order valence-electron chi connectivity index (χ4n) is 4.74.